The number of aromatic nitrogens is 15. The van der Waals surface area contributed by atoms with E-state index in [1.54, 1.807) is 62.8 Å². The van der Waals surface area contributed by atoms with E-state index in [9.17, 15) is 58.7 Å². The number of nitrogens with zero attached hydrogens (tertiary/aromatic N) is 15. The van der Waals surface area contributed by atoms with Gasteiger partial charge in [-0.15, -0.1) is 20.4 Å². The molecule has 0 aliphatic heterocycles. The SMILES string of the molecule is COc1ccc(/C(=C\n2cnc(-c3cc(C)cc(C(F)(F)F)c3)n2)C(N)=O)cn1.Cc1cc(-c2ncn(/C=C(/C(N)=O)c3ccncc3)n2)cc(C(F)(F)F)c1.Cc1cc(C)cc(-c2ncn(/C=C(/C(N)=O)c3ccccc3)n2)c1.Cc1cc(C)cc(-c2ncn(/C=C(/C(N)=O)c3ccnc(C(F)(F)F)c3)n2)c1. The Kier molecular flexibility index (Phi) is 24.4. The molecule has 0 atom stereocenters. The van der Waals surface area contributed by atoms with Gasteiger partial charge in [-0.2, -0.15) is 39.5 Å². The molecule has 0 saturated carbocycles. The number of primary amides is 4. The summed E-state index contributed by atoms with van der Waals surface area (Å²) in [4.78, 5) is 74.9. The lowest BCUT2D eigenvalue weighted by Crippen LogP contribution is -2.15. The number of halogens is 9. The van der Waals surface area contributed by atoms with Crippen LogP contribution in [0.15, 0.2) is 190 Å². The fourth-order valence-electron chi connectivity index (χ4n) is 10.4. The summed E-state index contributed by atoms with van der Waals surface area (Å²) in [6, 6.07) is 36.8. The summed E-state index contributed by atoms with van der Waals surface area (Å²) in [7, 11) is 1.46. The monoisotopic (exact) mass is 1480 g/mol. The van der Waals surface area contributed by atoms with E-state index in [2.05, 4.69) is 61.3 Å². The Morgan fingerprint density at radius 2 is 0.694 bits per heavy atom. The molecule has 12 aromatic rings. The molecule has 33 heteroatoms. The smallest absolute Gasteiger partial charge is 0.433 e. The molecule has 5 aromatic carbocycles. The van der Waals surface area contributed by atoms with E-state index in [1.165, 1.54) is 88.1 Å². The highest BCUT2D eigenvalue weighted by Gasteiger charge is 2.34. The van der Waals surface area contributed by atoms with Gasteiger partial charge in [0.1, 0.15) is 31.0 Å². The average molecular weight is 1480 g/mol. The largest absolute Gasteiger partial charge is 0.481 e. The number of amides is 4. The number of methoxy groups -OCH3 is 1. The Bertz CT molecular complexity index is 5350. The number of aryl methyl sites for hydroxylation is 6. The minimum atomic E-state index is -4.64. The number of hydrogen-bond acceptors (Lipinski definition) is 16. The Balaban J connectivity index is 0.000000166. The van der Waals surface area contributed by atoms with E-state index in [0.29, 0.717) is 45.4 Å². The van der Waals surface area contributed by atoms with Crippen LogP contribution in [0.25, 0.3) is 92.6 Å². The molecule has 108 heavy (non-hydrogen) atoms. The Morgan fingerprint density at radius 1 is 0.361 bits per heavy atom. The first kappa shape index (κ1) is 78.3. The van der Waals surface area contributed by atoms with Crippen LogP contribution in [-0.2, 0) is 37.7 Å². The Morgan fingerprint density at radius 3 is 1.03 bits per heavy atom. The van der Waals surface area contributed by atoms with Gasteiger partial charge in [-0.3, -0.25) is 29.1 Å². The van der Waals surface area contributed by atoms with Crippen LogP contribution in [0.4, 0.5) is 39.5 Å². The number of ether oxygens (including phenoxy) is 1. The number of carbonyl (C=O) groups is 4. The summed E-state index contributed by atoms with van der Waals surface area (Å²) in [5.41, 5.74) is 28.6. The van der Waals surface area contributed by atoms with Crippen LogP contribution in [0.3, 0.4) is 0 Å². The molecule has 0 fully saturated rings. The lowest BCUT2D eigenvalue weighted by Gasteiger charge is -2.09. The molecule has 4 amide bonds. The first-order chi connectivity index (χ1) is 51.1. The van der Waals surface area contributed by atoms with Gasteiger partial charge in [0.25, 0.3) is 23.6 Å². The van der Waals surface area contributed by atoms with Gasteiger partial charge in [-0.25, -0.2) is 43.6 Å². The lowest BCUT2D eigenvalue weighted by molar-refractivity contribution is -0.141. The third-order valence-corrected chi connectivity index (χ3v) is 15.1. The standard InChI is InChI=1S/C19H16F3N5O2.C19H16F3N5O.C19H18N4O.C18H14F3N5O/c1-11-5-13(7-14(6-11)19(20,21)22)18-25-10-27(26-18)9-15(17(23)28)12-3-4-16(29-2)24-8-12;1-11-5-12(2)7-14(6-11)18-25-10-27(26-18)9-15(17(23)28)13-3-4-24-16(8-13)19(20,21)22;1-13-8-14(2)10-16(9-13)19-21-12-23(22-19)11-17(18(20)24)15-6-4-3-5-7-15;1-11-6-13(8-14(7-11)18(19,20)21)17-24-10-26(25-17)9-15(16(22)27)12-2-4-23-5-3-12/h3-10H,1-2H3,(H2,23,28);3-10H,1-2H3,(H2,23,28);3-12H,1-2H3,(H2,20,24);2-10H,1H3,(H2,22,27)/b2*15-9+;17-11+;15-9+. The van der Waals surface area contributed by atoms with Crippen LogP contribution in [0.2, 0.25) is 0 Å². The predicted octanol–water partition coefficient (Wildman–Crippen LogP) is 12.8. The number of benzene rings is 5. The number of nitrogens with two attached hydrogens (primary N) is 4. The molecule has 552 valence electrons. The second-order valence-corrected chi connectivity index (χ2v) is 23.9. The predicted molar refractivity (Wildman–Crippen MR) is 384 cm³/mol. The summed E-state index contributed by atoms with van der Waals surface area (Å²) >= 11 is 0. The van der Waals surface area contributed by atoms with Crippen LogP contribution in [0.5, 0.6) is 5.88 Å². The highest BCUT2D eigenvalue weighted by molar-refractivity contribution is 6.24. The first-order valence-corrected chi connectivity index (χ1v) is 31.8. The van der Waals surface area contributed by atoms with Crippen molar-refractivity contribution < 1.29 is 63.4 Å². The van der Waals surface area contributed by atoms with Gasteiger partial charge in [-0.05, 0) is 160 Å². The quantitative estimate of drug-likeness (QED) is 0.0486. The summed E-state index contributed by atoms with van der Waals surface area (Å²) < 4.78 is 127. The fourth-order valence-corrected chi connectivity index (χ4v) is 10.4. The van der Waals surface area contributed by atoms with Crippen molar-refractivity contribution in [3.05, 3.63) is 262 Å². The van der Waals surface area contributed by atoms with E-state index in [1.807, 2.05) is 88.4 Å². The second kappa shape index (κ2) is 33.7. The van der Waals surface area contributed by atoms with Crippen LogP contribution < -0.4 is 27.7 Å². The topological polar surface area (TPSA) is 343 Å². The second-order valence-electron chi connectivity index (χ2n) is 23.9. The molecule has 0 unspecified atom stereocenters. The molecular formula is C75H64F9N19O5. The molecule has 0 aliphatic carbocycles. The van der Waals surface area contributed by atoms with Crippen molar-refractivity contribution in [1.82, 2.24) is 74.0 Å². The maximum atomic E-state index is 13.0. The van der Waals surface area contributed by atoms with E-state index in [0.717, 1.165) is 75.5 Å². The molecule has 7 heterocycles. The van der Waals surface area contributed by atoms with Gasteiger partial charge in [0.15, 0.2) is 23.3 Å². The van der Waals surface area contributed by atoms with E-state index in [4.69, 9.17) is 27.7 Å². The van der Waals surface area contributed by atoms with E-state index in [-0.39, 0.29) is 45.1 Å². The van der Waals surface area contributed by atoms with Crippen molar-refractivity contribution in [2.24, 2.45) is 22.9 Å². The van der Waals surface area contributed by atoms with Crippen molar-refractivity contribution in [3.63, 3.8) is 0 Å². The molecule has 24 nitrogen and oxygen atoms in total. The molecular weight excluding hydrogens is 1420 g/mol. The normalized spacial score (nSPS) is 12.0. The minimum absolute atomic E-state index is 0.0155. The Hall–Kier alpha value is -13.9. The molecule has 8 N–H and O–H groups in total. The zero-order chi connectivity index (χ0) is 78.4. The lowest BCUT2D eigenvalue weighted by atomic mass is 10.1. The average Bonchev–Trinajstić information content (AvgIpc) is 1.52. The van der Waals surface area contributed by atoms with Crippen molar-refractivity contribution in [2.45, 2.75) is 60.1 Å². The Labute approximate surface area is 609 Å². The van der Waals surface area contributed by atoms with Crippen LogP contribution in [0, 0.1) is 41.5 Å². The molecule has 0 spiro atoms. The first-order valence-electron chi connectivity index (χ1n) is 31.8. The third-order valence-electron chi connectivity index (χ3n) is 15.1. The zero-order valence-electron chi connectivity index (χ0n) is 58.2. The van der Waals surface area contributed by atoms with Crippen LogP contribution in [-0.4, -0.2) is 105 Å². The van der Waals surface area contributed by atoms with E-state index >= 15 is 0 Å². The number of alkyl halides is 9. The molecule has 0 aliphatic rings. The van der Waals surface area contributed by atoms with Crippen molar-refractivity contribution >= 4 is 70.7 Å². The number of carbonyl (C=O) groups excluding carboxylic acids is 4. The van der Waals surface area contributed by atoms with Gasteiger partial charge in [-0.1, -0.05) is 64.7 Å². The summed E-state index contributed by atoms with van der Waals surface area (Å²) in [6.07, 6.45) is 2.77. The number of pyridine rings is 3. The number of rotatable bonds is 17. The maximum absolute atomic E-state index is 13.0. The highest BCUT2D eigenvalue weighted by atomic mass is 19.4. The maximum Gasteiger partial charge on any atom is 0.433 e. The molecule has 12 rings (SSSR count). The summed E-state index contributed by atoms with van der Waals surface area (Å²) in [6.45, 7) is 11.1. The molecule has 0 radical (unpaired) electrons. The highest BCUT2D eigenvalue weighted by Crippen LogP contribution is 2.35. The molecule has 7 aromatic heterocycles. The molecule has 0 bridgehead atoms. The van der Waals surface area contributed by atoms with Gasteiger partial charge in [0.05, 0.1) is 40.5 Å². The molecule has 0 saturated heterocycles. The summed E-state index contributed by atoms with van der Waals surface area (Å²) in [5.74, 6) is -1.27. The minimum Gasteiger partial charge on any atom is -0.481 e. The van der Waals surface area contributed by atoms with Crippen LogP contribution >= 0.6 is 0 Å². The van der Waals surface area contributed by atoms with Crippen LogP contribution in [0.1, 0.15) is 72.5 Å². The fraction of sp³-hybridized carbons (Fsp3) is 0.133. The van der Waals surface area contributed by atoms with Crippen molar-refractivity contribution in [2.75, 3.05) is 7.11 Å². The van der Waals surface area contributed by atoms with Crippen molar-refractivity contribution in [1.29, 1.82) is 0 Å². The number of hydrogen-bond donors (Lipinski definition) is 4. The van der Waals surface area contributed by atoms with Gasteiger partial charge in [0, 0.05) is 83.5 Å². The van der Waals surface area contributed by atoms with Gasteiger partial charge < -0.3 is 27.7 Å². The zero-order valence-corrected chi connectivity index (χ0v) is 58.2. The van der Waals surface area contributed by atoms with Gasteiger partial charge >= 0.3 is 18.5 Å². The summed E-state index contributed by atoms with van der Waals surface area (Å²) in [5, 5.41) is 17.0. The van der Waals surface area contributed by atoms with Crippen molar-refractivity contribution in [3.8, 4) is 51.4 Å². The van der Waals surface area contributed by atoms with Gasteiger partial charge in [0.2, 0.25) is 5.88 Å². The van der Waals surface area contributed by atoms with E-state index < -0.39 is 59.0 Å². The third kappa shape index (κ3) is 21.2.